The Morgan fingerprint density at radius 3 is 2.63 bits per heavy atom. The molecule has 1 unspecified atom stereocenters. The maximum absolute atomic E-state index is 12.3. The number of phenolic OH excluding ortho intramolecular Hbond substituents is 1. The van der Waals surface area contributed by atoms with Crippen LogP contribution >= 0.6 is 7.60 Å². The fraction of sp³-hybridized carbons (Fsp3) is 0.0588. The first kappa shape index (κ1) is 18.8. The van der Waals surface area contributed by atoms with Gasteiger partial charge in [-0.1, -0.05) is 24.3 Å². The Balaban J connectivity index is 1.65. The second-order valence-corrected chi connectivity index (χ2v) is 7.32. The van der Waals surface area contributed by atoms with Crippen molar-refractivity contribution >= 4 is 24.5 Å². The van der Waals surface area contributed by atoms with Crippen LogP contribution in [0.25, 0.3) is 11.0 Å². The molecular weight excluding hydrogens is 375 g/mol. The zero-order valence-corrected chi connectivity index (χ0v) is 14.7. The third-order valence-electron chi connectivity index (χ3n) is 3.62. The highest BCUT2D eigenvalue weighted by molar-refractivity contribution is 7.51. The maximum Gasteiger partial charge on any atom is 0.350 e. The molecule has 2 aromatic carbocycles. The molecule has 0 aliphatic rings. The standard InChI is InChI=1S/C17H15N2O7P/c20-14-7-3-1-5-12(14)17(22)18-19-26-27(23,24)10-11-9-25-15-8-4-2-6-13(15)16(11)21/h1-9,19-20H,10H2,(H,18,22)(H,23,24). The van der Waals surface area contributed by atoms with Gasteiger partial charge in [0.25, 0.3) is 5.91 Å². The third-order valence-corrected chi connectivity index (χ3v) is 4.74. The lowest BCUT2D eigenvalue weighted by Gasteiger charge is -2.13. The Hall–Kier alpha value is -2.97. The average Bonchev–Trinajstić information content (AvgIpc) is 2.64. The minimum absolute atomic E-state index is 0.0478. The van der Waals surface area contributed by atoms with Crippen molar-refractivity contribution in [1.29, 1.82) is 0 Å². The van der Waals surface area contributed by atoms with Crippen molar-refractivity contribution in [2.45, 2.75) is 6.16 Å². The number of carbonyl (C=O) groups is 1. The van der Waals surface area contributed by atoms with E-state index in [1.54, 1.807) is 24.3 Å². The first-order valence-electron chi connectivity index (χ1n) is 7.70. The van der Waals surface area contributed by atoms with Gasteiger partial charge < -0.3 is 14.4 Å². The highest BCUT2D eigenvalue weighted by Crippen LogP contribution is 2.43. The molecule has 1 aromatic heterocycles. The molecule has 4 N–H and O–H groups in total. The SMILES string of the molecule is O=C(NNOP(=O)(O)Cc1coc2ccccc2c1=O)c1ccccc1O. The summed E-state index contributed by atoms with van der Waals surface area (Å²) >= 11 is 0. The number of phenols is 1. The first-order valence-corrected chi connectivity index (χ1v) is 9.47. The molecule has 0 aliphatic heterocycles. The van der Waals surface area contributed by atoms with Crippen LogP contribution in [0, 0.1) is 0 Å². The van der Waals surface area contributed by atoms with E-state index in [9.17, 15) is 24.2 Å². The Morgan fingerprint density at radius 1 is 1.15 bits per heavy atom. The largest absolute Gasteiger partial charge is 0.507 e. The molecule has 0 aliphatic carbocycles. The molecule has 10 heteroatoms. The Bertz CT molecular complexity index is 1100. The number of para-hydroxylation sites is 2. The van der Waals surface area contributed by atoms with Crippen molar-refractivity contribution in [3.8, 4) is 5.75 Å². The molecule has 9 nitrogen and oxygen atoms in total. The Kier molecular flexibility index (Phi) is 5.38. The van der Waals surface area contributed by atoms with E-state index in [2.05, 4.69) is 4.62 Å². The lowest BCUT2D eigenvalue weighted by atomic mass is 10.2. The number of hydrogen-bond acceptors (Lipinski definition) is 7. The highest BCUT2D eigenvalue weighted by Gasteiger charge is 2.24. The monoisotopic (exact) mass is 390 g/mol. The Labute approximate surface area is 152 Å². The molecule has 0 saturated heterocycles. The van der Waals surface area contributed by atoms with Gasteiger partial charge in [0.05, 0.1) is 23.4 Å². The van der Waals surface area contributed by atoms with Crippen LogP contribution in [0.1, 0.15) is 15.9 Å². The lowest BCUT2D eigenvalue weighted by molar-refractivity contribution is 0.0762. The molecule has 0 radical (unpaired) electrons. The van der Waals surface area contributed by atoms with Gasteiger partial charge in [0.1, 0.15) is 11.3 Å². The number of hydrazine groups is 1. The summed E-state index contributed by atoms with van der Waals surface area (Å²) in [6.07, 6.45) is 0.469. The summed E-state index contributed by atoms with van der Waals surface area (Å²) in [5.41, 5.74) is 3.69. The van der Waals surface area contributed by atoms with Crippen LogP contribution in [-0.2, 0) is 15.4 Å². The molecule has 0 fully saturated rings. The molecule has 1 atom stereocenters. The molecule has 0 spiro atoms. The maximum atomic E-state index is 12.3. The molecule has 3 rings (SSSR count). The van der Waals surface area contributed by atoms with Crippen molar-refractivity contribution in [1.82, 2.24) is 11.0 Å². The van der Waals surface area contributed by atoms with Gasteiger partial charge >= 0.3 is 7.60 Å². The normalized spacial score (nSPS) is 13.2. The van der Waals surface area contributed by atoms with E-state index in [1.807, 2.05) is 11.0 Å². The summed E-state index contributed by atoms with van der Waals surface area (Å²) < 4.78 is 22.0. The van der Waals surface area contributed by atoms with Gasteiger partial charge in [-0.25, -0.2) is 0 Å². The predicted molar refractivity (Wildman–Crippen MR) is 95.8 cm³/mol. The molecule has 27 heavy (non-hydrogen) atoms. The number of nitrogens with one attached hydrogen (secondary N) is 2. The van der Waals surface area contributed by atoms with Crippen LogP contribution in [0.3, 0.4) is 0 Å². The summed E-state index contributed by atoms with van der Waals surface area (Å²) in [7, 11) is -4.33. The number of aromatic hydroxyl groups is 1. The van der Waals surface area contributed by atoms with E-state index in [-0.39, 0.29) is 22.3 Å². The zero-order valence-electron chi connectivity index (χ0n) is 13.8. The molecule has 3 aromatic rings. The van der Waals surface area contributed by atoms with E-state index in [1.165, 1.54) is 24.3 Å². The molecule has 1 amide bonds. The summed E-state index contributed by atoms with van der Waals surface area (Å²) in [4.78, 5) is 34.1. The van der Waals surface area contributed by atoms with Gasteiger partial charge in [0.2, 0.25) is 0 Å². The van der Waals surface area contributed by atoms with Crippen LogP contribution in [0.5, 0.6) is 5.75 Å². The van der Waals surface area contributed by atoms with E-state index >= 15 is 0 Å². The van der Waals surface area contributed by atoms with Crippen molar-refractivity contribution in [3.63, 3.8) is 0 Å². The molecule has 0 bridgehead atoms. The quantitative estimate of drug-likeness (QED) is 0.371. The number of fused-ring (bicyclic) bond motifs is 1. The van der Waals surface area contributed by atoms with Crippen LogP contribution in [0.15, 0.2) is 64.0 Å². The number of rotatable bonds is 6. The third kappa shape index (κ3) is 4.42. The second kappa shape index (κ2) is 7.73. The van der Waals surface area contributed by atoms with E-state index in [4.69, 9.17) is 4.42 Å². The number of carbonyl (C=O) groups excluding carboxylic acids is 1. The van der Waals surface area contributed by atoms with Crippen LogP contribution in [0.4, 0.5) is 0 Å². The van der Waals surface area contributed by atoms with Gasteiger partial charge in [0.15, 0.2) is 5.43 Å². The van der Waals surface area contributed by atoms with Crippen molar-refractivity contribution < 1.29 is 28.4 Å². The summed E-state index contributed by atoms with van der Waals surface area (Å²) in [5.74, 6) is -1.05. The van der Waals surface area contributed by atoms with Crippen LogP contribution < -0.4 is 16.4 Å². The second-order valence-electron chi connectivity index (χ2n) is 5.55. The lowest BCUT2D eigenvalue weighted by Crippen LogP contribution is -2.36. The molecule has 0 saturated carbocycles. The van der Waals surface area contributed by atoms with Crippen LogP contribution in [-0.4, -0.2) is 15.9 Å². The number of benzene rings is 2. The smallest absolute Gasteiger partial charge is 0.350 e. The van der Waals surface area contributed by atoms with Crippen molar-refractivity contribution in [2.75, 3.05) is 0 Å². The van der Waals surface area contributed by atoms with Gasteiger partial charge in [-0.15, -0.1) is 5.59 Å². The van der Waals surface area contributed by atoms with Gasteiger partial charge in [-0.3, -0.25) is 19.6 Å². The van der Waals surface area contributed by atoms with Gasteiger partial charge in [-0.05, 0) is 24.3 Å². The minimum atomic E-state index is -4.33. The van der Waals surface area contributed by atoms with Gasteiger partial charge in [0, 0.05) is 5.56 Å². The topological polar surface area (TPSA) is 138 Å². The predicted octanol–water partition coefficient (Wildman–Crippen LogP) is 2.05. The summed E-state index contributed by atoms with van der Waals surface area (Å²) in [6, 6.07) is 12.2. The summed E-state index contributed by atoms with van der Waals surface area (Å²) in [6.45, 7) is 0. The van der Waals surface area contributed by atoms with Gasteiger partial charge in [-0.2, -0.15) is 4.62 Å². The molecule has 140 valence electrons. The first-order chi connectivity index (χ1) is 12.9. The van der Waals surface area contributed by atoms with Crippen LogP contribution in [0.2, 0.25) is 0 Å². The van der Waals surface area contributed by atoms with E-state index in [0.717, 1.165) is 6.26 Å². The van der Waals surface area contributed by atoms with Crippen molar-refractivity contribution in [2.24, 2.45) is 0 Å². The van der Waals surface area contributed by atoms with E-state index < -0.39 is 25.1 Å². The Morgan fingerprint density at radius 2 is 1.85 bits per heavy atom. The fourth-order valence-corrected chi connectivity index (χ4v) is 3.25. The highest BCUT2D eigenvalue weighted by atomic mass is 31.2. The number of hydrogen-bond donors (Lipinski definition) is 4. The number of amides is 1. The minimum Gasteiger partial charge on any atom is -0.507 e. The van der Waals surface area contributed by atoms with Crippen molar-refractivity contribution in [3.05, 3.63) is 76.1 Å². The average molecular weight is 390 g/mol. The summed E-state index contributed by atoms with van der Waals surface area (Å²) in [5, 5.41) is 9.85. The van der Waals surface area contributed by atoms with E-state index in [0.29, 0.717) is 5.58 Å². The molecular formula is C17H15N2O7P. The fourth-order valence-electron chi connectivity index (χ4n) is 2.35. The molecule has 1 heterocycles. The zero-order chi connectivity index (χ0) is 19.4.